The second kappa shape index (κ2) is 6.44. The van der Waals surface area contributed by atoms with Crippen molar-refractivity contribution in [2.75, 3.05) is 5.32 Å². The molecule has 0 radical (unpaired) electrons. The number of allylic oxidation sites excluding steroid dienone is 1. The lowest BCUT2D eigenvalue weighted by molar-refractivity contribution is 0.102. The second-order valence-electron chi connectivity index (χ2n) is 5.49. The number of amides is 1. The van der Waals surface area contributed by atoms with Gasteiger partial charge in [0.2, 0.25) is 0 Å². The van der Waals surface area contributed by atoms with E-state index < -0.39 is 0 Å². The third-order valence-corrected chi connectivity index (χ3v) is 3.75. The normalized spacial score (nSPS) is 10.5. The maximum Gasteiger partial charge on any atom is 0.256 e. The van der Waals surface area contributed by atoms with E-state index >= 15 is 0 Å². The quantitative estimate of drug-likeness (QED) is 0.720. The number of para-hydroxylation sites is 1. The van der Waals surface area contributed by atoms with Gasteiger partial charge in [0.05, 0.1) is 11.2 Å². The minimum Gasteiger partial charge on any atom is -0.320 e. The van der Waals surface area contributed by atoms with E-state index in [0.29, 0.717) is 12.0 Å². The van der Waals surface area contributed by atoms with Gasteiger partial charge in [-0.2, -0.15) is 0 Å². The first-order chi connectivity index (χ1) is 11.2. The Morgan fingerprint density at radius 3 is 2.87 bits per heavy atom. The average Bonchev–Trinajstić information content (AvgIpc) is 2.55. The highest BCUT2D eigenvalue weighted by Crippen LogP contribution is 2.22. The summed E-state index contributed by atoms with van der Waals surface area (Å²) in [5.74, 6) is -0.125. The molecule has 0 saturated heterocycles. The molecule has 0 spiro atoms. The van der Waals surface area contributed by atoms with Crippen molar-refractivity contribution in [3.05, 3.63) is 84.1 Å². The molecule has 0 saturated carbocycles. The Labute approximate surface area is 135 Å². The van der Waals surface area contributed by atoms with Gasteiger partial charge in [0.25, 0.3) is 5.91 Å². The molecule has 0 fully saturated rings. The summed E-state index contributed by atoms with van der Waals surface area (Å²) in [7, 11) is 0. The largest absolute Gasteiger partial charge is 0.320 e. The molecule has 3 rings (SSSR count). The first-order valence-electron chi connectivity index (χ1n) is 7.54. The van der Waals surface area contributed by atoms with Gasteiger partial charge in [-0.1, -0.05) is 42.0 Å². The van der Waals surface area contributed by atoms with Crippen LogP contribution in [0, 0.1) is 6.92 Å². The highest BCUT2D eigenvalue weighted by Gasteiger charge is 2.12. The number of fused-ring (bicyclic) bond motifs is 1. The van der Waals surface area contributed by atoms with Gasteiger partial charge < -0.3 is 5.32 Å². The first-order valence-corrected chi connectivity index (χ1v) is 7.54. The fraction of sp³-hybridized carbons (Fsp3) is 0.100. The SMILES string of the molecule is C=CCc1cc(C)ccc1C(=O)Nc1cccc2cccnc12. The van der Waals surface area contributed by atoms with Crippen molar-refractivity contribution >= 4 is 22.5 Å². The molecule has 1 N–H and O–H groups in total. The van der Waals surface area contributed by atoms with Gasteiger partial charge >= 0.3 is 0 Å². The third-order valence-electron chi connectivity index (χ3n) is 3.75. The Morgan fingerprint density at radius 1 is 1.22 bits per heavy atom. The van der Waals surface area contributed by atoms with E-state index in [-0.39, 0.29) is 5.91 Å². The van der Waals surface area contributed by atoms with E-state index in [2.05, 4.69) is 16.9 Å². The molecule has 3 nitrogen and oxygen atoms in total. The highest BCUT2D eigenvalue weighted by molar-refractivity contribution is 6.09. The van der Waals surface area contributed by atoms with Gasteiger partial charge in [-0.3, -0.25) is 9.78 Å². The minimum atomic E-state index is -0.125. The Hall–Kier alpha value is -2.94. The third kappa shape index (κ3) is 3.14. The van der Waals surface area contributed by atoms with Crippen LogP contribution >= 0.6 is 0 Å². The Bertz CT molecular complexity index is 878. The molecular weight excluding hydrogens is 284 g/mol. The zero-order chi connectivity index (χ0) is 16.2. The van der Waals surface area contributed by atoms with Crippen LogP contribution in [-0.2, 0) is 6.42 Å². The summed E-state index contributed by atoms with van der Waals surface area (Å²) >= 11 is 0. The monoisotopic (exact) mass is 302 g/mol. The van der Waals surface area contributed by atoms with Crippen LogP contribution in [-0.4, -0.2) is 10.9 Å². The summed E-state index contributed by atoms with van der Waals surface area (Å²) in [6, 6.07) is 15.5. The number of benzene rings is 2. The van der Waals surface area contributed by atoms with Gasteiger partial charge in [-0.15, -0.1) is 6.58 Å². The zero-order valence-corrected chi connectivity index (χ0v) is 13.0. The number of pyridine rings is 1. The molecule has 0 aliphatic rings. The van der Waals surface area contributed by atoms with Crippen molar-refractivity contribution in [3.8, 4) is 0 Å². The Kier molecular flexibility index (Phi) is 4.20. The average molecular weight is 302 g/mol. The molecule has 1 aromatic heterocycles. The molecule has 1 heterocycles. The van der Waals surface area contributed by atoms with Crippen LogP contribution < -0.4 is 5.32 Å². The Morgan fingerprint density at radius 2 is 2.04 bits per heavy atom. The summed E-state index contributed by atoms with van der Waals surface area (Å²) in [6.45, 7) is 5.79. The number of aromatic nitrogens is 1. The van der Waals surface area contributed by atoms with E-state index in [4.69, 9.17) is 0 Å². The van der Waals surface area contributed by atoms with Gasteiger partial charge in [0, 0.05) is 17.1 Å². The number of hydrogen-bond acceptors (Lipinski definition) is 2. The molecule has 1 amide bonds. The standard InChI is InChI=1S/C20H18N2O/c1-3-6-16-13-14(2)10-11-17(16)20(23)22-18-9-4-7-15-8-5-12-21-19(15)18/h3-5,7-13H,1,6H2,2H3,(H,22,23). The number of anilines is 1. The zero-order valence-electron chi connectivity index (χ0n) is 13.0. The molecule has 0 aliphatic carbocycles. The van der Waals surface area contributed by atoms with E-state index in [1.54, 1.807) is 6.20 Å². The summed E-state index contributed by atoms with van der Waals surface area (Å²) in [4.78, 5) is 17.1. The summed E-state index contributed by atoms with van der Waals surface area (Å²) < 4.78 is 0. The fourth-order valence-electron chi connectivity index (χ4n) is 2.66. The summed E-state index contributed by atoms with van der Waals surface area (Å²) in [5, 5.41) is 3.98. The maximum absolute atomic E-state index is 12.7. The van der Waals surface area contributed by atoms with Crippen molar-refractivity contribution in [2.45, 2.75) is 13.3 Å². The van der Waals surface area contributed by atoms with Gasteiger partial charge in [-0.25, -0.2) is 0 Å². The van der Waals surface area contributed by atoms with Crippen LogP contribution in [0.4, 0.5) is 5.69 Å². The molecule has 3 heteroatoms. The van der Waals surface area contributed by atoms with Crippen molar-refractivity contribution in [2.24, 2.45) is 0 Å². The van der Waals surface area contributed by atoms with Gasteiger partial charge in [0.15, 0.2) is 0 Å². The topological polar surface area (TPSA) is 42.0 Å². The van der Waals surface area contributed by atoms with Crippen LogP contribution in [0.1, 0.15) is 21.5 Å². The van der Waals surface area contributed by atoms with Crippen molar-refractivity contribution < 1.29 is 4.79 Å². The molecule has 0 bridgehead atoms. The predicted octanol–water partition coefficient (Wildman–Crippen LogP) is 4.52. The van der Waals surface area contributed by atoms with Crippen molar-refractivity contribution in [3.63, 3.8) is 0 Å². The first kappa shape index (κ1) is 15.0. The van der Waals surface area contributed by atoms with Crippen LogP contribution in [0.2, 0.25) is 0 Å². The molecule has 2 aromatic carbocycles. The smallest absolute Gasteiger partial charge is 0.256 e. The number of nitrogens with one attached hydrogen (secondary N) is 1. The molecule has 0 unspecified atom stereocenters. The van der Waals surface area contributed by atoms with Crippen LogP contribution in [0.25, 0.3) is 10.9 Å². The highest BCUT2D eigenvalue weighted by atomic mass is 16.1. The predicted molar refractivity (Wildman–Crippen MR) is 94.8 cm³/mol. The summed E-state index contributed by atoms with van der Waals surface area (Å²) in [6.07, 6.45) is 4.20. The van der Waals surface area contributed by atoms with E-state index in [1.165, 1.54) is 0 Å². The number of nitrogens with zero attached hydrogens (tertiary/aromatic N) is 1. The molecule has 0 atom stereocenters. The molecule has 114 valence electrons. The van der Waals surface area contributed by atoms with E-state index in [1.807, 2.05) is 61.5 Å². The van der Waals surface area contributed by atoms with Crippen molar-refractivity contribution in [1.29, 1.82) is 0 Å². The number of aryl methyl sites for hydroxylation is 1. The van der Waals surface area contributed by atoms with Crippen LogP contribution in [0.15, 0.2) is 67.4 Å². The minimum absolute atomic E-state index is 0.125. The van der Waals surface area contributed by atoms with E-state index in [0.717, 1.165) is 27.7 Å². The lowest BCUT2D eigenvalue weighted by atomic mass is 10.0. The number of hydrogen-bond donors (Lipinski definition) is 1. The number of rotatable bonds is 4. The molecule has 3 aromatic rings. The number of carbonyl (C=O) groups is 1. The molecule has 23 heavy (non-hydrogen) atoms. The fourth-order valence-corrected chi connectivity index (χ4v) is 2.66. The van der Waals surface area contributed by atoms with E-state index in [9.17, 15) is 4.79 Å². The summed E-state index contributed by atoms with van der Waals surface area (Å²) in [5.41, 5.74) is 4.29. The molecule has 0 aliphatic heterocycles. The lowest BCUT2D eigenvalue weighted by Crippen LogP contribution is -2.14. The van der Waals surface area contributed by atoms with Crippen LogP contribution in [0.5, 0.6) is 0 Å². The lowest BCUT2D eigenvalue weighted by Gasteiger charge is -2.11. The van der Waals surface area contributed by atoms with Gasteiger partial charge in [0.1, 0.15) is 0 Å². The molecular formula is C20H18N2O. The van der Waals surface area contributed by atoms with Gasteiger partial charge in [-0.05, 0) is 37.1 Å². The second-order valence-corrected chi connectivity index (χ2v) is 5.49. The Balaban J connectivity index is 1.97. The number of carbonyl (C=O) groups excluding carboxylic acids is 1. The maximum atomic E-state index is 12.7. The van der Waals surface area contributed by atoms with Crippen molar-refractivity contribution in [1.82, 2.24) is 4.98 Å². The van der Waals surface area contributed by atoms with Crippen LogP contribution in [0.3, 0.4) is 0 Å².